The minimum atomic E-state index is -0.803. The second-order valence-electron chi connectivity index (χ2n) is 4.56. The normalized spacial score (nSPS) is 33.9. The molecule has 4 nitrogen and oxygen atoms in total. The fourth-order valence-electron chi connectivity index (χ4n) is 2.57. The molecular formula is C12H12ClNO3. The first-order valence-corrected chi connectivity index (χ1v) is 5.93. The van der Waals surface area contributed by atoms with Crippen molar-refractivity contribution in [1.29, 1.82) is 0 Å². The third kappa shape index (κ3) is 1.08. The van der Waals surface area contributed by atoms with Crippen LogP contribution in [-0.4, -0.2) is 17.5 Å². The number of hydrogen-bond donors (Lipinski definition) is 0. The lowest BCUT2D eigenvalue weighted by Gasteiger charge is -2.51. The highest BCUT2D eigenvalue weighted by molar-refractivity contribution is 6.29. The molecule has 5 heteroatoms. The van der Waals surface area contributed by atoms with Gasteiger partial charge in [-0.05, 0) is 19.9 Å². The van der Waals surface area contributed by atoms with Crippen LogP contribution in [0.25, 0.3) is 0 Å². The van der Waals surface area contributed by atoms with Crippen molar-refractivity contribution in [3.8, 4) is 0 Å². The SMILES string of the molecule is C[C@@]12OO[C@]1(C)c1ccccc1N2C(=O)CCl. The van der Waals surface area contributed by atoms with Gasteiger partial charge in [-0.3, -0.25) is 9.69 Å². The summed E-state index contributed by atoms with van der Waals surface area (Å²) < 4.78 is 0. The highest BCUT2D eigenvalue weighted by Gasteiger charge is 2.69. The summed E-state index contributed by atoms with van der Waals surface area (Å²) >= 11 is 5.66. The average Bonchev–Trinajstić information content (AvgIpc) is 2.48. The van der Waals surface area contributed by atoms with Crippen LogP contribution >= 0.6 is 11.6 Å². The molecule has 2 aliphatic heterocycles. The maximum absolute atomic E-state index is 12.0. The molecule has 1 fully saturated rings. The molecule has 17 heavy (non-hydrogen) atoms. The number of fused-ring (bicyclic) bond motifs is 3. The van der Waals surface area contributed by atoms with Gasteiger partial charge in [-0.2, -0.15) is 0 Å². The maximum Gasteiger partial charge on any atom is 0.244 e. The monoisotopic (exact) mass is 253 g/mol. The van der Waals surface area contributed by atoms with Crippen LogP contribution < -0.4 is 4.90 Å². The molecule has 3 rings (SSSR count). The van der Waals surface area contributed by atoms with Crippen molar-refractivity contribution in [1.82, 2.24) is 0 Å². The van der Waals surface area contributed by atoms with Gasteiger partial charge in [-0.15, -0.1) is 11.6 Å². The Labute approximate surface area is 104 Å². The van der Waals surface area contributed by atoms with Crippen LogP contribution in [0.4, 0.5) is 5.69 Å². The van der Waals surface area contributed by atoms with Gasteiger partial charge in [-0.1, -0.05) is 18.2 Å². The second-order valence-corrected chi connectivity index (χ2v) is 4.83. The molecule has 0 aromatic heterocycles. The van der Waals surface area contributed by atoms with Crippen LogP contribution in [0.3, 0.4) is 0 Å². The van der Waals surface area contributed by atoms with Gasteiger partial charge < -0.3 is 0 Å². The largest absolute Gasteiger partial charge is 0.276 e. The van der Waals surface area contributed by atoms with E-state index in [0.717, 1.165) is 11.3 Å². The number of halogens is 1. The molecule has 0 aliphatic carbocycles. The zero-order valence-electron chi connectivity index (χ0n) is 9.57. The summed E-state index contributed by atoms with van der Waals surface area (Å²) in [5, 5.41) is 0. The zero-order chi connectivity index (χ0) is 12.3. The molecule has 1 saturated heterocycles. The predicted octanol–water partition coefficient (Wildman–Crippen LogP) is 2.17. The first-order chi connectivity index (χ1) is 8.04. The summed E-state index contributed by atoms with van der Waals surface area (Å²) in [4.78, 5) is 24.0. The maximum atomic E-state index is 12.0. The molecule has 0 bridgehead atoms. The Kier molecular flexibility index (Phi) is 2.09. The van der Waals surface area contributed by atoms with E-state index in [1.165, 1.54) is 0 Å². The first-order valence-electron chi connectivity index (χ1n) is 5.40. The molecule has 2 heterocycles. The topological polar surface area (TPSA) is 38.8 Å². The number of para-hydroxylation sites is 1. The number of anilines is 1. The highest BCUT2D eigenvalue weighted by Crippen LogP contribution is 2.59. The van der Waals surface area contributed by atoms with Gasteiger partial charge in [0.05, 0.1) is 5.69 Å². The molecule has 1 aromatic carbocycles. The number of hydrogen-bond acceptors (Lipinski definition) is 3. The number of alkyl halides is 1. The number of carbonyl (C=O) groups excluding carboxylic acids is 1. The molecule has 0 spiro atoms. The first kappa shape index (κ1) is 11.0. The van der Waals surface area contributed by atoms with E-state index in [2.05, 4.69) is 0 Å². The fourth-order valence-corrected chi connectivity index (χ4v) is 2.69. The van der Waals surface area contributed by atoms with Crippen LogP contribution in [0.15, 0.2) is 24.3 Å². The molecule has 0 N–H and O–H groups in total. The van der Waals surface area contributed by atoms with Gasteiger partial charge in [0.1, 0.15) is 5.88 Å². The smallest absolute Gasteiger partial charge is 0.244 e. The second kappa shape index (κ2) is 3.22. The van der Waals surface area contributed by atoms with Gasteiger partial charge in [0, 0.05) is 5.56 Å². The van der Waals surface area contributed by atoms with Gasteiger partial charge >= 0.3 is 0 Å². The summed E-state index contributed by atoms with van der Waals surface area (Å²) in [6.45, 7) is 3.75. The molecule has 2 aliphatic rings. The predicted molar refractivity (Wildman–Crippen MR) is 62.6 cm³/mol. The van der Waals surface area contributed by atoms with Gasteiger partial charge in [0.2, 0.25) is 11.6 Å². The Morgan fingerprint density at radius 3 is 2.65 bits per heavy atom. The summed E-state index contributed by atoms with van der Waals surface area (Å²) in [5.74, 6) is -0.266. The molecule has 1 aromatic rings. The lowest BCUT2D eigenvalue weighted by atomic mass is 9.88. The van der Waals surface area contributed by atoms with Gasteiger partial charge in [-0.25, -0.2) is 9.78 Å². The van der Waals surface area contributed by atoms with Crippen molar-refractivity contribution in [2.24, 2.45) is 0 Å². The molecule has 0 unspecified atom stereocenters. The van der Waals surface area contributed by atoms with Gasteiger partial charge in [0.15, 0.2) is 5.60 Å². The van der Waals surface area contributed by atoms with Crippen molar-refractivity contribution in [3.05, 3.63) is 29.8 Å². The number of benzene rings is 1. The van der Waals surface area contributed by atoms with E-state index in [-0.39, 0.29) is 11.8 Å². The number of nitrogens with zero attached hydrogens (tertiary/aromatic N) is 1. The summed E-state index contributed by atoms with van der Waals surface area (Å²) in [6.07, 6.45) is 0. The van der Waals surface area contributed by atoms with Crippen molar-refractivity contribution in [2.75, 3.05) is 10.8 Å². The number of amides is 1. The molecular weight excluding hydrogens is 242 g/mol. The quantitative estimate of drug-likeness (QED) is 0.569. The minimum absolute atomic E-state index is 0.0800. The van der Waals surface area contributed by atoms with Crippen molar-refractivity contribution >= 4 is 23.2 Å². The van der Waals surface area contributed by atoms with Crippen molar-refractivity contribution < 1.29 is 14.6 Å². The number of rotatable bonds is 1. The van der Waals surface area contributed by atoms with E-state index in [9.17, 15) is 4.79 Å². The van der Waals surface area contributed by atoms with E-state index < -0.39 is 11.3 Å². The van der Waals surface area contributed by atoms with Crippen LogP contribution in [0.1, 0.15) is 19.4 Å². The molecule has 90 valence electrons. The number of carbonyl (C=O) groups is 1. The van der Waals surface area contributed by atoms with E-state index in [4.69, 9.17) is 21.4 Å². The Morgan fingerprint density at radius 1 is 1.35 bits per heavy atom. The van der Waals surface area contributed by atoms with E-state index in [1.807, 2.05) is 38.1 Å². The van der Waals surface area contributed by atoms with Crippen LogP contribution in [0.5, 0.6) is 0 Å². The van der Waals surface area contributed by atoms with Crippen LogP contribution in [-0.2, 0) is 20.2 Å². The Balaban J connectivity index is 2.21. The van der Waals surface area contributed by atoms with E-state index in [1.54, 1.807) is 4.90 Å². The lowest BCUT2D eigenvalue weighted by molar-refractivity contribution is -0.546. The molecule has 0 radical (unpaired) electrons. The Hall–Kier alpha value is -1.10. The van der Waals surface area contributed by atoms with Gasteiger partial charge in [0.25, 0.3) is 0 Å². The molecule has 2 atom stereocenters. The third-order valence-electron chi connectivity index (χ3n) is 3.71. The Morgan fingerprint density at radius 2 is 2.06 bits per heavy atom. The molecule has 1 amide bonds. The van der Waals surface area contributed by atoms with Crippen molar-refractivity contribution in [2.45, 2.75) is 25.2 Å². The zero-order valence-corrected chi connectivity index (χ0v) is 10.3. The fraction of sp³-hybridized carbons (Fsp3) is 0.417. The molecule has 0 saturated carbocycles. The standard InChI is InChI=1S/C12H12ClNO3/c1-11-8-5-3-4-6-9(8)14(10(15)7-13)12(11,2)17-16-11/h3-6H,7H2,1-2H3/t11-,12-/m1/s1. The average molecular weight is 254 g/mol. The summed E-state index contributed by atoms with van der Waals surface area (Å²) in [5.41, 5.74) is 0.335. The van der Waals surface area contributed by atoms with E-state index in [0.29, 0.717) is 0 Å². The third-order valence-corrected chi connectivity index (χ3v) is 3.93. The summed E-state index contributed by atoms with van der Waals surface area (Å²) in [6, 6.07) is 7.62. The Bertz CT molecular complexity index is 506. The highest BCUT2D eigenvalue weighted by atomic mass is 35.5. The minimum Gasteiger partial charge on any atom is -0.276 e. The summed E-state index contributed by atoms with van der Waals surface area (Å²) in [7, 11) is 0. The van der Waals surface area contributed by atoms with Crippen LogP contribution in [0, 0.1) is 0 Å². The van der Waals surface area contributed by atoms with Crippen LogP contribution in [0.2, 0.25) is 0 Å². The van der Waals surface area contributed by atoms with E-state index >= 15 is 0 Å². The van der Waals surface area contributed by atoms with Crippen molar-refractivity contribution in [3.63, 3.8) is 0 Å². The lowest BCUT2D eigenvalue weighted by Crippen LogP contribution is -2.67.